The lowest BCUT2D eigenvalue weighted by molar-refractivity contribution is 0.0748. The highest BCUT2D eigenvalue weighted by atomic mass is 15.3. The van der Waals surface area contributed by atoms with Crippen molar-refractivity contribution in [1.82, 2.24) is 20.0 Å². The van der Waals surface area contributed by atoms with Crippen LogP contribution in [0.25, 0.3) is 0 Å². The summed E-state index contributed by atoms with van der Waals surface area (Å²) in [6.45, 7) is 7.60. The first kappa shape index (κ1) is 16.5. The van der Waals surface area contributed by atoms with Crippen LogP contribution in [0.4, 0.5) is 0 Å². The van der Waals surface area contributed by atoms with E-state index in [2.05, 4.69) is 54.0 Å². The molecule has 1 aliphatic carbocycles. The molecule has 21 heavy (non-hydrogen) atoms. The molecule has 0 aliphatic heterocycles. The molecule has 0 aromatic carbocycles. The quantitative estimate of drug-likeness (QED) is 0.839. The summed E-state index contributed by atoms with van der Waals surface area (Å²) in [5, 5.41) is 8.10. The van der Waals surface area contributed by atoms with Crippen LogP contribution in [0.3, 0.4) is 0 Å². The van der Waals surface area contributed by atoms with E-state index in [0.717, 1.165) is 32.0 Å². The van der Waals surface area contributed by atoms with Gasteiger partial charge in [0.05, 0.1) is 5.69 Å². The number of hydrogen-bond acceptors (Lipinski definition) is 3. The van der Waals surface area contributed by atoms with Gasteiger partial charge in [-0.1, -0.05) is 26.7 Å². The highest BCUT2D eigenvalue weighted by Gasteiger charge is 2.36. The monoisotopic (exact) mass is 292 g/mol. The average Bonchev–Trinajstić information content (AvgIpc) is 2.87. The molecule has 2 rings (SSSR count). The van der Waals surface area contributed by atoms with Gasteiger partial charge in [0.2, 0.25) is 0 Å². The van der Waals surface area contributed by atoms with Crippen LogP contribution in [0.5, 0.6) is 0 Å². The van der Waals surface area contributed by atoms with Crippen molar-refractivity contribution in [1.29, 1.82) is 0 Å². The molecule has 0 amide bonds. The molecule has 0 radical (unpaired) electrons. The highest BCUT2D eigenvalue weighted by Crippen LogP contribution is 2.35. The molecule has 120 valence electrons. The SMILES string of the molecule is CCCn1nccc1CNCC1(N(C)C)CCCC(C)C1. The number of aromatic nitrogens is 2. The normalized spacial score (nSPS) is 26.4. The predicted molar refractivity (Wildman–Crippen MR) is 88.3 cm³/mol. The highest BCUT2D eigenvalue weighted by molar-refractivity contribution is 5.01. The van der Waals surface area contributed by atoms with Crippen LogP contribution in [-0.2, 0) is 13.1 Å². The van der Waals surface area contributed by atoms with Gasteiger partial charge in [0.25, 0.3) is 0 Å². The second kappa shape index (κ2) is 7.41. The van der Waals surface area contributed by atoms with Crippen LogP contribution in [0.15, 0.2) is 12.3 Å². The van der Waals surface area contributed by atoms with Gasteiger partial charge < -0.3 is 10.2 Å². The molecular formula is C17H32N4. The lowest BCUT2D eigenvalue weighted by Crippen LogP contribution is -2.54. The lowest BCUT2D eigenvalue weighted by atomic mass is 9.75. The smallest absolute Gasteiger partial charge is 0.0522 e. The third kappa shape index (κ3) is 4.07. The Bertz CT molecular complexity index is 426. The van der Waals surface area contributed by atoms with Crippen LogP contribution < -0.4 is 5.32 Å². The Balaban J connectivity index is 1.92. The van der Waals surface area contributed by atoms with E-state index in [1.807, 2.05) is 6.20 Å². The standard InChI is InChI=1S/C17H32N4/c1-5-11-21-16(8-10-19-21)13-18-14-17(20(3)4)9-6-7-15(2)12-17/h8,10,15,18H,5-7,9,11-14H2,1-4H3. The third-order valence-electron chi connectivity index (χ3n) is 5.02. The second-order valence-electron chi connectivity index (χ2n) is 6.97. The van der Waals surface area contributed by atoms with E-state index >= 15 is 0 Å². The zero-order chi connectivity index (χ0) is 15.3. The minimum absolute atomic E-state index is 0.327. The molecule has 4 nitrogen and oxygen atoms in total. The fourth-order valence-corrected chi connectivity index (χ4v) is 3.70. The average molecular weight is 292 g/mol. The van der Waals surface area contributed by atoms with Gasteiger partial charge in [-0.05, 0) is 45.3 Å². The Hall–Kier alpha value is -0.870. The molecule has 1 N–H and O–H groups in total. The van der Waals surface area contributed by atoms with Crippen molar-refractivity contribution in [2.24, 2.45) is 5.92 Å². The molecular weight excluding hydrogens is 260 g/mol. The number of likely N-dealkylation sites (N-methyl/N-ethyl adjacent to an activating group) is 1. The van der Waals surface area contributed by atoms with Crippen LogP contribution >= 0.6 is 0 Å². The van der Waals surface area contributed by atoms with Crippen molar-refractivity contribution in [3.8, 4) is 0 Å². The molecule has 1 aromatic heterocycles. The van der Waals surface area contributed by atoms with E-state index < -0.39 is 0 Å². The first-order valence-electron chi connectivity index (χ1n) is 8.46. The van der Waals surface area contributed by atoms with Crippen molar-refractivity contribution in [2.75, 3.05) is 20.6 Å². The van der Waals surface area contributed by atoms with E-state index in [4.69, 9.17) is 0 Å². The minimum Gasteiger partial charge on any atom is -0.309 e. The van der Waals surface area contributed by atoms with Gasteiger partial charge >= 0.3 is 0 Å². The maximum atomic E-state index is 4.40. The molecule has 2 atom stereocenters. The van der Waals surface area contributed by atoms with E-state index in [1.165, 1.54) is 31.4 Å². The van der Waals surface area contributed by atoms with Crippen LogP contribution in [-0.4, -0.2) is 40.9 Å². The zero-order valence-electron chi connectivity index (χ0n) is 14.2. The maximum absolute atomic E-state index is 4.40. The van der Waals surface area contributed by atoms with Gasteiger partial charge in [0.15, 0.2) is 0 Å². The summed E-state index contributed by atoms with van der Waals surface area (Å²) in [7, 11) is 4.47. The summed E-state index contributed by atoms with van der Waals surface area (Å²) in [6.07, 6.45) is 8.41. The molecule has 4 heteroatoms. The zero-order valence-corrected chi connectivity index (χ0v) is 14.2. The van der Waals surface area contributed by atoms with Gasteiger partial charge in [-0.3, -0.25) is 4.68 Å². The number of rotatable bonds is 7. The number of nitrogens with zero attached hydrogens (tertiary/aromatic N) is 3. The molecule has 1 aliphatic rings. The Kier molecular flexibility index (Phi) is 5.82. The van der Waals surface area contributed by atoms with Crippen molar-refractivity contribution < 1.29 is 0 Å². The first-order chi connectivity index (χ1) is 10.1. The largest absolute Gasteiger partial charge is 0.309 e. The fourth-order valence-electron chi connectivity index (χ4n) is 3.70. The number of aryl methyl sites for hydroxylation is 1. The first-order valence-corrected chi connectivity index (χ1v) is 8.46. The summed E-state index contributed by atoms with van der Waals surface area (Å²) >= 11 is 0. The third-order valence-corrected chi connectivity index (χ3v) is 5.02. The van der Waals surface area contributed by atoms with Gasteiger partial charge in [-0.2, -0.15) is 5.10 Å². The summed E-state index contributed by atoms with van der Waals surface area (Å²) in [5.41, 5.74) is 1.63. The van der Waals surface area contributed by atoms with Gasteiger partial charge in [0.1, 0.15) is 0 Å². The molecule has 1 saturated carbocycles. The molecule has 0 bridgehead atoms. The van der Waals surface area contributed by atoms with Crippen LogP contribution in [0, 0.1) is 5.92 Å². The summed E-state index contributed by atoms with van der Waals surface area (Å²) < 4.78 is 2.12. The molecule has 1 heterocycles. The summed E-state index contributed by atoms with van der Waals surface area (Å²) in [6, 6.07) is 2.13. The molecule has 1 aromatic rings. The van der Waals surface area contributed by atoms with Gasteiger partial charge in [0, 0.05) is 31.4 Å². The minimum atomic E-state index is 0.327. The number of nitrogens with one attached hydrogen (secondary N) is 1. The van der Waals surface area contributed by atoms with E-state index in [0.29, 0.717) is 5.54 Å². The van der Waals surface area contributed by atoms with Crippen LogP contribution in [0.1, 0.15) is 51.6 Å². The summed E-state index contributed by atoms with van der Waals surface area (Å²) in [5.74, 6) is 0.841. The molecule has 0 saturated heterocycles. The Labute approximate surface area is 129 Å². The summed E-state index contributed by atoms with van der Waals surface area (Å²) in [4.78, 5) is 2.44. The van der Waals surface area contributed by atoms with E-state index in [-0.39, 0.29) is 0 Å². The lowest BCUT2D eigenvalue weighted by Gasteiger charge is -2.45. The van der Waals surface area contributed by atoms with Crippen LogP contribution in [0.2, 0.25) is 0 Å². The molecule has 2 unspecified atom stereocenters. The number of hydrogen-bond donors (Lipinski definition) is 1. The predicted octanol–water partition coefficient (Wildman–Crippen LogP) is 2.89. The van der Waals surface area contributed by atoms with Gasteiger partial charge in [-0.25, -0.2) is 0 Å². The topological polar surface area (TPSA) is 33.1 Å². The van der Waals surface area contributed by atoms with Crippen molar-refractivity contribution in [3.63, 3.8) is 0 Å². The Morgan fingerprint density at radius 2 is 2.29 bits per heavy atom. The Morgan fingerprint density at radius 3 is 2.95 bits per heavy atom. The van der Waals surface area contributed by atoms with E-state index in [9.17, 15) is 0 Å². The maximum Gasteiger partial charge on any atom is 0.0522 e. The molecule has 0 spiro atoms. The van der Waals surface area contributed by atoms with E-state index in [1.54, 1.807) is 0 Å². The molecule has 1 fully saturated rings. The van der Waals surface area contributed by atoms with Gasteiger partial charge in [-0.15, -0.1) is 0 Å². The second-order valence-corrected chi connectivity index (χ2v) is 6.97. The fraction of sp³-hybridized carbons (Fsp3) is 0.824. The Morgan fingerprint density at radius 1 is 1.48 bits per heavy atom. The van der Waals surface area contributed by atoms with Crippen molar-refractivity contribution in [3.05, 3.63) is 18.0 Å². The van der Waals surface area contributed by atoms with Crippen molar-refractivity contribution >= 4 is 0 Å². The van der Waals surface area contributed by atoms with Crippen molar-refractivity contribution in [2.45, 2.75) is 64.6 Å².